The highest BCUT2D eigenvalue weighted by molar-refractivity contribution is 8.00. The van der Waals surface area contributed by atoms with Crippen LogP contribution in [0.2, 0.25) is 0 Å². The molecule has 2 aromatic carbocycles. The molecule has 1 amide bonds. The first kappa shape index (κ1) is 18.6. The number of benzene rings is 2. The molecule has 0 saturated heterocycles. The Morgan fingerprint density at radius 3 is 2.44 bits per heavy atom. The van der Waals surface area contributed by atoms with Crippen molar-refractivity contribution in [3.63, 3.8) is 0 Å². The number of nitrogens with one attached hydrogen (secondary N) is 1. The van der Waals surface area contributed by atoms with E-state index in [0.717, 1.165) is 4.90 Å². The molecule has 0 aromatic heterocycles. The van der Waals surface area contributed by atoms with Crippen LogP contribution in [0, 0.1) is 5.39 Å². The van der Waals surface area contributed by atoms with Crippen LogP contribution in [0.4, 0.5) is 11.4 Å². The maximum Gasteiger partial charge on any atom is 0.430 e. The highest BCUT2D eigenvalue weighted by Crippen LogP contribution is 2.38. The van der Waals surface area contributed by atoms with Crippen LogP contribution in [-0.4, -0.2) is 24.9 Å². The molecule has 2 aromatic rings. The first-order valence-corrected chi connectivity index (χ1v) is 8.92. The molecular weight excluding hydrogens is 338 g/mol. The lowest BCUT2D eigenvalue weighted by molar-refractivity contribution is -0.113. The molecule has 0 fully saturated rings. The van der Waals surface area contributed by atoms with Crippen LogP contribution < -0.4 is 14.8 Å². The first-order valence-electron chi connectivity index (χ1n) is 7.94. The second kappa shape index (κ2) is 9.55. The zero-order valence-corrected chi connectivity index (χ0v) is 15.0. The molecule has 0 bridgehead atoms. The second-order valence-corrected chi connectivity index (χ2v) is 5.98. The molecule has 2 rings (SSSR count). The van der Waals surface area contributed by atoms with Crippen LogP contribution in [0.3, 0.4) is 0 Å². The lowest BCUT2D eigenvalue weighted by Crippen LogP contribution is -2.15. The van der Waals surface area contributed by atoms with Gasteiger partial charge in [0.2, 0.25) is 17.0 Å². The van der Waals surface area contributed by atoms with E-state index in [1.54, 1.807) is 6.07 Å². The van der Waals surface area contributed by atoms with Gasteiger partial charge in [-0.2, -0.15) is 0 Å². The number of carbonyl (C=O) groups is 1. The van der Waals surface area contributed by atoms with Gasteiger partial charge < -0.3 is 14.8 Å². The number of ether oxygens (including phenoxy) is 2. The predicted octanol–water partition coefficient (Wildman–Crippen LogP) is 4.70. The zero-order valence-electron chi connectivity index (χ0n) is 14.2. The van der Waals surface area contributed by atoms with Crippen molar-refractivity contribution in [1.82, 2.24) is 0 Å². The fourth-order valence-corrected chi connectivity index (χ4v) is 2.84. The molecule has 0 saturated carbocycles. The van der Waals surface area contributed by atoms with E-state index in [2.05, 4.69) is 10.3 Å². The van der Waals surface area contributed by atoms with Crippen LogP contribution in [0.1, 0.15) is 13.8 Å². The summed E-state index contributed by atoms with van der Waals surface area (Å²) >= 11 is 1.45. The molecule has 130 valence electrons. The van der Waals surface area contributed by atoms with Crippen molar-refractivity contribution < 1.29 is 14.3 Å². The Kier molecular flexibility index (Phi) is 7.11. The molecule has 0 aliphatic heterocycles. The Hall–Kier alpha value is -2.72. The van der Waals surface area contributed by atoms with Crippen LogP contribution in [0.5, 0.6) is 11.5 Å². The van der Waals surface area contributed by atoms with E-state index in [9.17, 15) is 4.79 Å². The van der Waals surface area contributed by atoms with Crippen LogP contribution >= 0.6 is 11.8 Å². The average Bonchev–Trinajstić information content (AvgIpc) is 2.63. The highest BCUT2D eigenvalue weighted by atomic mass is 32.2. The van der Waals surface area contributed by atoms with E-state index in [1.165, 1.54) is 17.8 Å². The van der Waals surface area contributed by atoms with Crippen molar-refractivity contribution in [2.45, 2.75) is 18.7 Å². The molecule has 0 atom stereocenters. The van der Waals surface area contributed by atoms with E-state index >= 15 is 0 Å². The van der Waals surface area contributed by atoms with Crippen LogP contribution in [0.25, 0.3) is 4.98 Å². The fraction of sp³-hybridized carbons (Fsp3) is 0.278. The predicted molar refractivity (Wildman–Crippen MR) is 99.3 cm³/mol. The summed E-state index contributed by atoms with van der Waals surface area (Å²) in [6, 6.07) is 12.8. The number of diazo groups is 1. The highest BCUT2D eigenvalue weighted by Gasteiger charge is 2.21. The largest absolute Gasteiger partial charge is 0.491 e. The number of amides is 1. The van der Waals surface area contributed by atoms with Gasteiger partial charge in [-0.25, -0.2) is 0 Å². The molecule has 25 heavy (non-hydrogen) atoms. The van der Waals surface area contributed by atoms with Gasteiger partial charge in [-0.05, 0) is 26.0 Å². The van der Waals surface area contributed by atoms with Gasteiger partial charge in [-0.1, -0.05) is 18.2 Å². The van der Waals surface area contributed by atoms with E-state index < -0.39 is 0 Å². The van der Waals surface area contributed by atoms with Gasteiger partial charge in [0, 0.05) is 11.0 Å². The smallest absolute Gasteiger partial charge is 0.430 e. The van der Waals surface area contributed by atoms with E-state index in [4.69, 9.17) is 14.9 Å². The number of hydrogen-bond acceptors (Lipinski definition) is 5. The monoisotopic (exact) mass is 358 g/mol. The van der Waals surface area contributed by atoms with Gasteiger partial charge in [0.1, 0.15) is 0 Å². The number of hydrogen-bond donors (Lipinski definition) is 1. The summed E-state index contributed by atoms with van der Waals surface area (Å²) < 4.78 is 11.0. The fourth-order valence-electron chi connectivity index (χ4n) is 2.12. The van der Waals surface area contributed by atoms with E-state index in [0.29, 0.717) is 30.4 Å². The summed E-state index contributed by atoms with van der Waals surface area (Å²) in [7, 11) is 0. The molecule has 0 heterocycles. The molecule has 0 aliphatic carbocycles. The number of rotatable bonds is 8. The molecule has 0 aliphatic rings. The Bertz CT molecular complexity index is 760. The maximum atomic E-state index is 12.3. The maximum absolute atomic E-state index is 12.3. The topological polar surface area (TPSA) is 75.7 Å². The second-order valence-electron chi connectivity index (χ2n) is 4.93. The summed E-state index contributed by atoms with van der Waals surface area (Å²) in [6.07, 6.45) is 0. The summed E-state index contributed by atoms with van der Waals surface area (Å²) in [5, 5.41) is 11.9. The lowest BCUT2D eigenvalue weighted by Gasteiger charge is -2.12. The van der Waals surface area contributed by atoms with Gasteiger partial charge in [0.15, 0.2) is 10.7 Å². The number of carbonyl (C=O) groups excluding carboxylic acids is 1. The summed E-state index contributed by atoms with van der Waals surface area (Å²) in [5.41, 5.74) is 0.735. The molecule has 7 heteroatoms. The van der Waals surface area contributed by atoms with Crippen molar-refractivity contribution in [2.75, 3.05) is 24.3 Å². The van der Waals surface area contributed by atoms with Gasteiger partial charge in [0.05, 0.1) is 30.7 Å². The summed E-state index contributed by atoms with van der Waals surface area (Å²) in [4.78, 5) is 16.5. The molecule has 6 nitrogen and oxygen atoms in total. The standard InChI is InChI=1S/C18H19N3O3S/c1-3-23-16-11-15(21-19)17(24-4-2)10-14(16)20-18(22)12-25-13-8-6-5-7-9-13/h5-11H,3-4,12H2,1-2H3/p+1. The Morgan fingerprint density at radius 2 is 1.80 bits per heavy atom. The van der Waals surface area contributed by atoms with Crippen molar-refractivity contribution >= 4 is 29.0 Å². The lowest BCUT2D eigenvalue weighted by atomic mass is 10.2. The molecule has 0 radical (unpaired) electrons. The Balaban J connectivity index is 2.14. The molecule has 1 N–H and O–H groups in total. The van der Waals surface area contributed by atoms with Gasteiger partial charge in [-0.15, -0.1) is 11.8 Å². The first-order chi connectivity index (χ1) is 12.2. The minimum absolute atomic E-state index is 0.161. The minimum atomic E-state index is -0.161. The summed E-state index contributed by atoms with van der Waals surface area (Å²) in [6.45, 7) is 4.49. The van der Waals surface area contributed by atoms with Gasteiger partial charge >= 0.3 is 5.69 Å². The van der Waals surface area contributed by atoms with Crippen molar-refractivity contribution in [3.05, 3.63) is 47.4 Å². The number of thioether (sulfide) groups is 1. The van der Waals surface area contributed by atoms with Crippen molar-refractivity contribution in [1.29, 1.82) is 5.39 Å². The molecule has 0 unspecified atom stereocenters. The zero-order chi connectivity index (χ0) is 18.1. The third kappa shape index (κ3) is 5.40. The Morgan fingerprint density at radius 1 is 1.12 bits per heavy atom. The molecular formula is C18H20N3O3S+. The van der Waals surface area contributed by atoms with Crippen molar-refractivity contribution in [2.24, 2.45) is 0 Å². The van der Waals surface area contributed by atoms with Gasteiger partial charge in [0.25, 0.3) is 0 Å². The van der Waals surface area contributed by atoms with E-state index in [-0.39, 0.29) is 17.3 Å². The number of nitrogens with zero attached hydrogens (tertiary/aromatic N) is 2. The number of anilines is 1. The third-order valence-corrected chi connectivity index (χ3v) is 4.17. The van der Waals surface area contributed by atoms with Crippen LogP contribution in [0.15, 0.2) is 47.4 Å². The minimum Gasteiger partial charge on any atom is -0.491 e. The average molecular weight is 358 g/mol. The SMILES string of the molecule is CCOc1cc(NC(=O)CSc2ccccc2)c(OCC)cc1[N+]#N. The van der Waals surface area contributed by atoms with Crippen molar-refractivity contribution in [3.8, 4) is 11.5 Å². The summed E-state index contributed by atoms with van der Waals surface area (Å²) in [5.74, 6) is 0.910. The normalized spacial score (nSPS) is 9.96. The van der Waals surface area contributed by atoms with E-state index in [1.807, 2.05) is 44.2 Å². The Labute approximate surface area is 151 Å². The third-order valence-electron chi connectivity index (χ3n) is 3.16. The molecule has 0 spiro atoms. The quantitative estimate of drug-likeness (QED) is 0.547. The van der Waals surface area contributed by atoms with Crippen LogP contribution in [-0.2, 0) is 4.79 Å². The van der Waals surface area contributed by atoms with Gasteiger partial charge in [-0.3, -0.25) is 4.79 Å².